The zero-order chi connectivity index (χ0) is 18.2. The fraction of sp³-hybridized carbons (Fsp3) is 0.688. The molecular weight excluding hydrogens is 459 g/mol. The largest absolute Gasteiger partial charge is 0.362 e. The van der Waals surface area contributed by atoms with Crippen LogP contribution in [0.25, 0.3) is 11.2 Å². The van der Waals surface area contributed by atoms with Gasteiger partial charge in [0.2, 0.25) is 0 Å². The summed E-state index contributed by atoms with van der Waals surface area (Å²) in [5, 5.41) is 2.68. The van der Waals surface area contributed by atoms with Crippen LogP contribution in [-0.2, 0) is 9.47 Å². The van der Waals surface area contributed by atoms with Crippen molar-refractivity contribution in [3.8, 4) is 0 Å². The molecule has 0 unspecified atom stereocenters. The van der Waals surface area contributed by atoms with E-state index in [-0.39, 0.29) is 18.2 Å². The number of halogens is 3. The molecule has 2 aromatic heterocycles. The van der Waals surface area contributed by atoms with Crippen molar-refractivity contribution in [3.05, 3.63) is 10.2 Å². The third-order valence-electron chi connectivity index (χ3n) is 5.39. The first-order valence-electron chi connectivity index (χ1n) is 8.62. The zero-order valence-corrected chi connectivity index (χ0v) is 16.4. The number of imidazole rings is 1. The smallest absolute Gasteiger partial charge is 0.255 e. The summed E-state index contributed by atoms with van der Waals surface area (Å²) in [4.78, 5) is 13.2. The van der Waals surface area contributed by atoms with Crippen LogP contribution in [0, 0.1) is 15.7 Å². The van der Waals surface area contributed by atoms with Crippen LogP contribution in [-0.4, -0.2) is 50.5 Å². The fourth-order valence-electron chi connectivity index (χ4n) is 4.43. The number of aromatic nitrogens is 4. The number of ether oxygens (including phenoxy) is 2. The van der Waals surface area contributed by atoms with Crippen LogP contribution < -0.4 is 5.32 Å². The summed E-state index contributed by atoms with van der Waals surface area (Å²) < 4.78 is 39.9. The average molecular weight is 477 g/mol. The molecule has 7 nitrogen and oxygen atoms in total. The van der Waals surface area contributed by atoms with E-state index in [9.17, 15) is 8.78 Å². The molecule has 3 fully saturated rings. The lowest BCUT2D eigenvalue weighted by atomic mass is 10.1. The van der Waals surface area contributed by atoms with Gasteiger partial charge in [-0.05, 0) is 32.1 Å². The van der Waals surface area contributed by atoms with Gasteiger partial charge in [-0.15, -0.1) is 0 Å². The molecule has 2 saturated carbocycles. The Morgan fingerprint density at radius 1 is 1.31 bits per heavy atom. The van der Waals surface area contributed by atoms with Crippen LogP contribution in [0.1, 0.15) is 26.3 Å². The summed E-state index contributed by atoms with van der Waals surface area (Å²) in [7, 11) is 0. The first-order valence-corrected chi connectivity index (χ1v) is 9.70. The second-order valence-electron chi connectivity index (χ2n) is 7.56. The van der Waals surface area contributed by atoms with E-state index in [4.69, 9.17) is 9.47 Å². The molecule has 0 bridgehead atoms. The van der Waals surface area contributed by atoms with E-state index < -0.39 is 18.8 Å². The van der Waals surface area contributed by atoms with Crippen molar-refractivity contribution < 1.29 is 18.3 Å². The van der Waals surface area contributed by atoms with Gasteiger partial charge in [0.1, 0.15) is 6.10 Å². The van der Waals surface area contributed by atoms with Crippen LogP contribution in [0.3, 0.4) is 0 Å². The Bertz CT molecular complexity index is 876. The van der Waals surface area contributed by atoms with Crippen molar-refractivity contribution in [2.45, 2.75) is 50.7 Å². The van der Waals surface area contributed by atoms with Gasteiger partial charge in [0.05, 0.1) is 25.0 Å². The van der Waals surface area contributed by atoms with Crippen LogP contribution >= 0.6 is 22.6 Å². The molecule has 26 heavy (non-hydrogen) atoms. The van der Waals surface area contributed by atoms with Crippen LogP contribution in [0.2, 0.25) is 0 Å². The van der Waals surface area contributed by atoms with E-state index >= 15 is 0 Å². The number of nitrogens with zero attached hydrogens (tertiary/aromatic N) is 4. The van der Waals surface area contributed by atoms with Crippen molar-refractivity contribution in [3.63, 3.8) is 0 Å². The minimum absolute atomic E-state index is 0.0451. The zero-order valence-electron chi connectivity index (χ0n) is 14.2. The van der Waals surface area contributed by atoms with Crippen molar-refractivity contribution in [1.82, 2.24) is 19.5 Å². The Hall–Kier alpha value is -1.14. The molecule has 2 aliphatic carbocycles. The maximum absolute atomic E-state index is 12.6. The fourth-order valence-corrected chi connectivity index (χ4v) is 4.90. The van der Waals surface area contributed by atoms with Gasteiger partial charge in [-0.1, -0.05) is 0 Å². The molecule has 0 aromatic carbocycles. The van der Waals surface area contributed by atoms with Gasteiger partial charge in [-0.3, -0.25) is 0 Å². The van der Waals surface area contributed by atoms with Crippen molar-refractivity contribution in [2.75, 3.05) is 11.9 Å². The summed E-state index contributed by atoms with van der Waals surface area (Å²) in [5.41, 5.74) is 1.15. The van der Waals surface area contributed by atoms with Gasteiger partial charge >= 0.3 is 0 Å². The highest BCUT2D eigenvalue weighted by Gasteiger charge is 2.66. The SMILES string of the molecule is CC1(C)O[C@@H]2[C@@H]3C[C@@H]3[C@@H](n3cnc4c(NCC(F)F)nc(I)nc43)[C@@H]2O1. The highest BCUT2D eigenvalue weighted by Crippen LogP contribution is 2.63. The second kappa shape index (κ2) is 5.68. The number of fused-ring (bicyclic) bond motifs is 4. The number of nitrogens with one attached hydrogen (secondary N) is 1. The minimum Gasteiger partial charge on any atom is -0.362 e. The highest BCUT2D eigenvalue weighted by atomic mass is 127. The number of rotatable bonds is 4. The summed E-state index contributed by atoms with van der Waals surface area (Å²) in [6.45, 7) is 3.39. The number of anilines is 1. The first kappa shape index (κ1) is 17.0. The van der Waals surface area contributed by atoms with Crippen LogP contribution in [0.15, 0.2) is 6.33 Å². The Morgan fingerprint density at radius 3 is 2.85 bits per heavy atom. The summed E-state index contributed by atoms with van der Waals surface area (Å²) in [6, 6.07) is 0.0884. The molecule has 10 heteroatoms. The van der Waals surface area contributed by atoms with E-state index in [1.165, 1.54) is 0 Å². The number of hydrogen-bond acceptors (Lipinski definition) is 6. The molecule has 1 saturated heterocycles. The predicted molar refractivity (Wildman–Crippen MR) is 97.0 cm³/mol. The lowest BCUT2D eigenvalue weighted by Crippen LogP contribution is -2.30. The Morgan fingerprint density at radius 2 is 2.08 bits per heavy atom. The van der Waals surface area contributed by atoms with E-state index in [2.05, 4.69) is 20.3 Å². The lowest BCUT2D eigenvalue weighted by Gasteiger charge is -2.24. The normalized spacial score (nSPS) is 34.3. The van der Waals surface area contributed by atoms with Gasteiger partial charge in [-0.25, -0.2) is 23.7 Å². The summed E-state index contributed by atoms with van der Waals surface area (Å²) in [6.07, 6.45) is 0.406. The predicted octanol–water partition coefficient (Wildman–Crippen LogP) is 2.82. The van der Waals surface area contributed by atoms with E-state index in [1.807, 2.05) is 41.0 Å². The standard InChI is InChI=1S/C16H18F2IN5O2/c1-16(2)25-11-7-3-6(7)10(12(11)26-16)24-5-21-9-13(20-4-8(17)18)22-15(19)23-14(9)24/h5-8,10-12H,3-4H2,1-2H3,(H,20,22,23)/t6-,7+,10+,11+,12-/m0/s1. The average Bonchev–Trinajstić information content (AvgIpc) is 2.98. The molecule has 0 spiro atoms. The minimum atomic E-state index is -2.46. The molecule has 3 heterocycles. The lowest BCUT2D eigenvalue weighted by molar-refractivity contribution is -0.156. The molecule has 3 aliphatic rings. The maximum Gasteiger partial charge on any atom is 0.255 e. The topological polar surface area (TPSA) is 74.1 Å². The van der Waals surface area contributed by atoms with Crippen molar-refractivity contribution >= 4 is 39.6 Å². The Labute approximate surface area is 162 Å². The van der Waals surface area contributed by atoms with Crippen LogP contribution in [0.5, 0.6) is 0 Å². The molecule has 5 rings (SSSR count). The molecular formula is C16H18F2IN5O2. The van der Waals surface area contributed by atoms with Crippen LogP contribution in [0.4, 0.5) is 14.6 Å². The molecule has 1 aliphatic heterocycles. The third-order valence-corrected chi connectivity index (χ3v) is 5.87. The number of hydrogen-bond donors (Lipinski definition) is 1. The third kappa shape index (κ3) is 2.60. The monoisotopic (exact) mass is 477 g/mol. The Kier molecular flexibility index (Phi) is 3.71. The maximum atomic E-state index is 12.6. The second-order valence-corrected chi connectivity index (χ2v) is 8.52. The van der Waals surface area contributed by atoms with Gasteiger partial charge < -0.3 is 19.4 Å². The molecule has 1 N–H and O–H groups in total. The van der Waals surface area contributed by atoms with Gasteiger partial charge in [0, 0.05) is 22.6 Å². The van der Waals surface area contributed by atoms with Crippen molar-refractivity contribution in [1.29, 1.82) is 0 Å². The summed E-state index contributed by atoms with van der Waals surface area (Å²) >= 11 is 1.99. The van der Waals surface area contributed by atoms with E-state index in [0.717, 1.165) is 6.42 Å². The molecule has 140 valence electrons. The number of alkyl halides is 2. The van der Waals surface area contributed by atoms with E-state index in [0.29, 0.717) is 32.6 Å². The Balaban J connectivity index is 1.54. The molecule has 2 aromatic rings. The highest BCUT2D eigenvalue weighted by molar-refractivity contribution is 14.1. The van der Waals surface area contributed by atoms with Gasteiger partial charge in [0.25, 0.3) is 6.43 Å². The van der Waals surface area contributed by atoms with Gasteiger partial charge in [-0.2, -0.15) is 0 Å². The molecule has 5 atom stereocenters. The quantitative estimate of drug-likeness (QED) is 0.540. The summed E-state index contributed by atoms with van der Waals surface area (Å²) in [5.74, 6) is 0.722. The molecule has 0 amide bonds. The van der Waals surface area contributed by atoms with Crippen molar-refractivity contribution in [2.24, 2.45) is 11.8 Å². The molecule has 0 radical (unpaired) electrons. The van der Waals surface area contributed by atoms with Gasteiger partial charge in [0.15, 0.2) is 26.6 Å². The first-order chi connectivity index (χ1) is 12.3. The van der Waals surface area contributed by atoms with E-state index in [1.54, 1.807) is 6.33 Å².